The number of nitrogens with zero attached hydrogens (tertiary/aromatic N) is 2. The Morgan fingerprint density at radius 3 is 2.52 bits per heavy atom. The van der Waals surface area contributed by atoms with E-state index < -0.39 is 23.4 Å². The molecular formula is C21H23N3O5. The first-order chi connectivity index (χ1) is 14.0. The van der Waals surface area contributed by atoms with Crippen molar-refractivity contribution in [3.05, 3.63) is 69.8 Å². The Balaban J connectivity index is 1.67. The highest BCUT2D eigenvalue weighted by molar-refractivity contribution is 5.97. The maximum absolute atomic E-state index is 12.6. The molecule has 1 fully saturated rings. The largest absolute Gasteiger partial charge is 0.452 e. The van der Waals surface area contributed by atoms with Gasteiger partial charge in [-0.25, -0.2) is 4.79 Å². The minimum Gasteiger partial charge on any atom is -0.452 e. The number of esters is 1. The van der Waals surface area contributed by atoms with Gasteiger partial charge in [0.1, 0.15) is 0 Å². The number of non-ortho nitro benzene ring substituents is 1. The van der Waals surface area contributed by atoms with E-state index in [2.05, 4.69) is 5.32 Å². The van der Waals surface area contributed by atoms with E-state index in [1.165, 1.54) is 12.1 Å². The van der Waals surface area contributed by atoms with Gasteiger partial charge < -0.3 is 15.0 Å². The maximum Gasteiger partial charge on any atom is 0.341 e. The molecule has 29 heavy (non-hydrogen) atoms. The van der Waals surface area contributed by atoms with Crippen LogP contribution in [0.25, 0.3) is 0 Å². The number of carbonyl (C=O) groups is 2. The number of nitrogens with one attached hydrogen (secondary N) is 1. The highest BCUT2D eigenvalue weighted by Gasteiger charge is 2.24. The third-order valence-electron chi connectivity index (χ3n) is 4.87. The van der Waals surface area contributed by atoms with Crippen LogP contribution >= 0.6 is 0 Å². The second-order valence-electron chi connectivity index (χ2n) is 6.93. The Morgan fingerprint density at radius 1 is 1.17 bits per heavy atom. The highest BCUT2D eigenvalue weighted by atomic mass is 16.6. The number of nitro groups is 1. The number of anilines is 1. The van der Waals surface area contributed by atoms with Crippen LogP contribution in [0, 0.1) is 10.1 Å². The van der Waals surface area contributed by atoms with Crippen molar-refractivity contribution < 1.29 is 19.2 Å². The first-order valence-electron chi connectivity index (χ1n) is 9.50. The minimum atomic E-state index is -0.752. The standard InChI is InChI=1S/C21H23N3O5/c1-15(16-7-3-2-4-8-16)22-20(25)14-29-21(26)18-13-17(24(27)28)9-10-19(18)23-11-5-6-12-23/h2-4,7-10,13,15H,5-6,11-12,14H2,1H3,(H,22,25)/t15-/m1/s1. The Morgan fingerprint density at radius 2 is 1.86 bits per heavy atom. The van der Waals surface area contributed by atoms with Crippen LogP contribution in [-0.2, 0) is 9.53 Å². The molecule has 0 radical (unpaired) electrons. The molecule has 8 heteroatoms. The summed E-state index contributed by atoms with van der Waals surface area (Å²) in [5.74, 6) is -1.19. The van der Waals surface area contributed by atoms with Gasteiger partial charge in [0.15, 0.2) is 6.61 Å². The SMILES string of the molecule is C[C@@H](NC(=O)COC(=O)c1cc([N+](=O)[O-])ccc1N1CCCC1)c1ccccc1. The number of carbonyl (C=O) groups excluding carboxylic acids is 2. The van der Waals surface area contributed by atoms with Crippen molar-refractivity contribution in [2.75, 3.05) is 24.6 Å². The number of amides is 1. The Bertz CT molecular complexity index is 894. The molecule has 0 saturated carbocycles. The Labute approximate surface area is 168 Å². The second kappa shape index (κ2) is 9.18. The van der Waals surface area contributed by atoms with E-state index in [1.54, 1.807) is 6.07 Å². The van der Waals surface area contributed by atoms with E-state index in [-0.39, 0.29) is 17.3 Å². The molecule has 2 aromatic carbocycles. The van der Waals surface area contributed by atoms with Gasteiger partial charge in [0, 0.05) is 25.2 Å². The van der Waals surface area contributed by atoms with Crippen molar-refractivity contribution in [3.8, 4) is 0 Å². The highest BCUT2D eigenvalue weighted by Crippen LogP contribution is 2.29. The molecule has 1 aliphatic heterocycles. The van der Waals surface area contributed by atoms with Crippen molar-refractivity contribution in [2.24, 2.45) is 0 Å². The van der Waals surface area contributed by atoms with E-state index in [4.69, 9.17) is 4.74 Å². The average Bonchev–Trinajstić information content (AvgIpc) is 3.26. The van der Waals surface area contributed by atoms with Gasteiger partial charge in [-0.2, -0.15) is 0 Å². The maximum atomic E-state index is 12.6. The van der Waals surface area contributed by atoms with Gasteiger partial charge in [-0.3, -0.25) is 14.9 Å². The summed E-state index contributed by atoms with van der Waals surface area (Å²) in [7, 11) is 0. The average molecular weight is 397 g/mol. The predicted molar refractivity (Wildman–Crippen MR) is 108 cm³/mol. The summed E-state index contributed by atoms with van der Waals surface area (Å²) in [6.45, 7) is 2.92. The van der Waals surface area contributed by atoms with Crippen molar-refractivity contribution in [3.63, 3.8) is 0 Å². The molecule has 1 atom stereocenters. The molecule has 0 aliphatic carbocycles. The topological polar surface area (TPSA) is 102 Å². The fourth-order valence-corrected chi connectivity index (χ4v) is 3.35. The summed E-state index contributed by atoms with van der Waals surface area (Å²) < 4.78 is 5.16. The lowest BCUT2D eigenvalue weighted by Crippen LogP contribution is -2.31. The van der Waals surface area contributed by atoms with Gasteiger partial charge in [0.2, 0.25) is 0 Å². The first kappa shape index (κ1) is 20.3. The molecule has 2 aromatic rings. The fourth-order valence-electron chi connectivity index (χ4n) is 3.35. The third-order valence-corrected chi connectivity index (χ3v) is 4.87. The van der Waals surface area contributed by atoms with Gasteiger partial charge in [0.25, 0.3) is 11.6 Å². The predicted octanol–water partition coefficient (Wildman–Crippen LogP) is 3.23. The van der Waals surface area contributed by atoms with Crippen LogP contribution in [0.4, 0.5) is 11.4 Å². The minimum absolute atomic E-state index is 0.102. The van der Waals surface area contributed by atoms with E-state index in [0.29, 0.717) is 5.69 Å². The third kappa shape index (κ3) is 5.10. The zero-order chi connectivity index (χ0) is 20.8. The molecule has 3 rings (SSSR count). The Kier molecular flexibility index (Phi) is 6.43. The van der Waals surface area contributed by atoms with Gasteiger partial charge >= 0.3 is 5.97 Å². The lowest BCUT2D eigenvalue weighted by molar-refractivity contribution is -0.384. The van der Waals surface area contributed by atoms with Gasteiger partial charge in [-0.15, -0.1) is 0 Å². The zero-order valence-electron chi connectivity index (χ0n) is 16.2. The van der Waals surface area contributed by atoms with E-state index in [9.17, 15) is 19.7 Å². The van der Waals surface area contributed by atoms with Crippen LogP contribution < -0.4 is 10.2 Å². The van der Waals surface area contributed by atoms with Crippen molar-refractivity contribution in [1.82, 2.24) is 5.32 Å². The molecular weight excluding hydrogens is 374 g/mol. The van der Waals surface area contributed by atoms with Crippen LogP contribution in [0.3, 0.4) is 0 Å². The van der Waals surface area contributed by atoms with Crippen LogP contribution in [0.2, 0.25) is 0 Å². The summed E-state index contributed by atoms with van der Waals surface area (Å²) in [6, 6.07) is 13.3. The van der Waals surface area contributed by atoms with Crippen LogP contribution in [-0.4, -0.2) is 36.5 Å². The summed E-state index contributed by atoms with van der Waals surface area (Å²) in [5, 5.41) is 13.9. The normalized spacial score (nSPS) is 14.3. The number of benzene rings is 2. The summed E-state index contributed by atoms with van der Waals surface area (Å²) in [5.41, 5.74) is 1.44. The lowest BCUT2D eigenvalue weighted by Gasteiger charge is -2.20. The second-order valence-corrected chi connectivity index (χ2v) is 6.93. The summed E-state index contributed by atoms with van der Waals surface area (Å²) >= 11 is 0. The van der Waals surface area contributed by atoms with Gasteiger partial charge in [-0.1, -0.05) is 30.3 Å². The molecule has 0 spiro atoms. The van der Waals surface area contributed by atoms with Crippen molar-refractivity contribution in [1.29, 1.82) is 0 Å². The summed E-state index contributed by atoms with van der Waals surface area (Å²) in [4.78, 5) is 37.3. The van der Waals surface area contributed by atoms with Crippen molar-refractivity contribution >= 4 is 23.3 Å². The van der Waals surface area contributed by atoms with E-state index >= 15 is 0 Å². The molecule has 1 heterocycles. The van der Waals surface area contributed by atoms with Crippen LogP contribution in [0.5, 0.6) is 0 Å². The molecule has 0 aromatic heterocycles. The quantitative estimate of drug-likeness (QED) is 0.437. The van der Waals surface area contributed by atoms with Crippen LogP contribution in [0.15, 0.2) is 48.5 Å². The number of rotatable bonds is 7. The molecule has 1 aliphatic rings. The molecule has 1 amide bonds. The Hall–Kier alpha value is -3.42. The number of hydrogen-bond acceptors (Lipinski definition) is 6. The number of hydrogen-bond donors (Lipinski definition) is 1. The molecule has 1 saturated heterocycles. The fraction of sp³-hybridized carbons (Fsp3) is 0.333. The van der Waals surface area contributed by atoms with E-state index in [0.717, 1.165) is 31.5 Å². The monoisotopic (exact) mass is 397 g/mol. The molecule has 1 N–H and O–H groups in total. The van der Waals surface area contributed by atoms with E-state index in [1.807, 2.05) is 42.2 Å². The molecule has 152 valence electrons. The van der Waals surface area contributed by atoms with Gasteiger partial charge in [0.05, 0.1) is 22.2 Å². The molecule has 0 bridgehead atoms. The van der Waals surface area contributed by atoms with Crippen LogP contribution in [0.1, 0.15) is 41.7 Å². The summed E-state index contributed by atoms with van der Waals surface area (Å²) in [6.07, 6.45) is 1.98. The van der Waals surface area contributed by atoms with Gasteiger partial charge in [-0.05, 0) is 31.4 Å². The number of nitro benzene ring substituents is 1. The molecule has 8 nitrogen and oxygen atoms in total. The smallest absolute Gasteiger partial charge is 0.341 e. The van der Waals surface area contributed by atoms with Crippen molar-refractivity contribution in [2.45, 2.75) is 25.8 Å². The first-order valence-corrected chi connectivity index (χ1v) is 9.50. The number of ether oxygens (including phenoxy) is 1. The zero-order valence-corrected chi connectivity index (χ0v) is 16.2. The lowest BCUT2D eigenvalue weighted by atomic mass is 10.1. The molecule has 0 unspecified atom stereocenters.